The summed E-state index contributed by atoms with van der Waals surface area (Å²) < 4.78 is 45.4. The van der Waals surface area contributed by atoms with Crippen LogP contribution in [0.4, 0.5) is 4.39 Å². The molecule has 0 bridgehead atoms. The largest absolute Gasteiger partial charge is 0.360 e. The van der Waals surface area contributed by atoms with Crippen molar-refractivity contribution in [3.63, 3.8) is 0 Å². The molecule has 7 heteroatoms. The van der Waals surface area contributed by atoms with Crippen molar-refractivity contribution in [2.75, 3.05) is 0 Å². The lowest BCUT2D eigenvalue weighted by molar-refractivity contribution is 0.371. The van der Waals surface area contributed by atoms with Crippen LogP contribution in [0.15, 0.2) is 33.7 Å². The molecule has 1 heterocycles. The first kappa shape index (κ1) is 16.6. The third kappa shape index (κ3) is 4.14. The molecule has 1 aromatic carbocycles. The Kier molecular flexibility index (Phi) is 4.97. The zero-order valence-electron chi connectivity index (χ0n) is 12.8. The molecular formula is C15H19FN2O3S. The minimum atomic E-state index is -3.94. The lowest BCUT2D eigenvalue weighted by Gasteiger charge is -2.07. The highest BCUT2D eigenvalue weighted by Crippen LogP contribution is 2.17. The van der Waals surface area contributed by atoms with Crippen molar-refractivity contribution in [2.45, 2.75) is 38.6 Å². The molecule has 0 aliphatic rings. The van der Waals surface area contributed by atoms with Gasteiger partial charge in [0.15, 0.2) is 5.76 Å². The standard InChI is InChI=1S/C15H19FN2O3S/c1-10(2)6-12-8-13(21-18-12)9-17-22(19,20)15-7-11(3)4-5-14(15)16/h4-5,7-8,10,17H,6,9H2,1-3H3. The van der Waals surface area contributed by atoms with Crippen LogP contribution >= 0.6 is 0 Å². The Morgan fingerprint density at radius 2 is 2.05 bits per heavy atom. The van der Waals surface area contributed by atoms with Crippen molar-refractivity contribution in [2.24, 2.45) is 5.92 Å². The summed E-state index contributed by atoms with van der Waals surface area (Å²) in [5, 5.41) is 3.88. The number of nitrogens with one attached hydrogen (secondary N) is 1. The van der Waals surface area contributed by atoms with Crippen molar-refractivity contribution in [1.29, 1.82) is 0 Å². The normalized spacial score (nSPS) is 12.0. The van der Waals surface area contributed by atoms with E-state index in [1.165, 1.54) is 12.1 Å². The van der Waals surface area contributed by atoms with Crippen LogP contribution in [0, 0.1) is 18.7 Å². The van der Waals surface area contributed by atoms with E-state index in [4.69, 9.17) is 4.52 Å². The second-order valence-electron chi connectivity index (χ2n) is 5.64. The van der Waals surface area contributed by atoms with Gasteiger partial charge in [0.2, 0.25) is 10.0 Å². The average Bonchev–Trinajstić information content (AvgIpc) is 2.86. The summed E-state index contributed by atoms with van der Waals surface area (Å²) in [5.41, 5.74) is 1.44. The monoisotopic (exact) mass is 326 g/mol. The minimum Gasteiger partial charge on any atom is -0.360 e. The van der Waals surface area contributed by atoms with E-state index < -0.39 is 15.8 Å². The quantitative estimate of drug-likeness (QED) is 0.886. The maximum atomic E-state index is 13.7. The zero-order chi connectivity index (χ0) is 16.3. The molecule has 2 rings (SSSR count). The van der Waals surface area contributed by atoms with Gasteiger partial charge in [-0.25, -0.2) is 17.5 Å². The van der Waals surface area contributed by atoms with E-state index in [0.717, 1.165) is 18.2 Å². The van der Waals surface area contributed by atoms with Crippen LogP contribution in [0.5, 0.6) is 0 Å². The molecule has 0 saturated carbocycles. The summed E-state index contributed by atoms with van der Waals surface area (Å²) in [4.78, 5) is -0.366. The summed E-state index contributed by atoms with van der Waals surface area (Å²) >= 11 is 0. The van der Waals surface area contributed by atoms with Gasteiger partial charge in [0.1, 0.15) is 10.7 Å². The number of rotatable bonds is 6. The van der Waals surface area contributed by atoms with E-state index >= 15 is 0 Å². The third-order valence-electron chi connectivity index (χ3n) is 3.04. The van der Waals surface area contributed by atoms with E-state index in [1.54, 1.807) is 13.0 Å². The fourth-order valence-electron chi connectivity index (χ4n) is 2.01. The molecule has 0 spiro atoms. The number of sulfonamides is 1. The smallest absolute Gasteiger partial charge is 0.243 e. The molecule has 22 heavy (non-hydrogen) atoms. The van der Waals surface area contributed by atoms with Gasteiger partial charge >= 0.3 is 0 Å². The van der Waals surface area contributed by atoms with Crippen LogP contribution in [-0.2, 0) is 23.0 Å². The van der Waals surface area contributed by atoms with Crippen molar-refractivity contribution in [3.8, 4) is 0 Å². The predicted octanol–water partition coefficient (Wildman–Crippen LogP) is 2.80. The second kappa shape index (κ2) is 6.58. The van der Waals surface area contributed by atoms with Crippen molar-refractivity contribution < 1.29 is 17.3 Å². The molecule has 1 aromatic heterocycles. The Balaban J connectivity index is 2.09. The number of hydrogen-bond donors (Lipinski definition) is 1. The number of hydrogen-bond acceptors (Lipinski definition) is 4. The maximum Gasteiger partial charge on any atom is 0.243 e. The average molecular weight is 326 g/mol. The van der Waals surface area contributed by atoms with Crippen LogP contribution in [0.25, 0.3) is 0 Å². The highest BCUT2D eigenvalue weighted by Gasteiger charge is 2.19. The van der Waals surface area contributed by atoms with Crippen LogP contribution in [-0.4, -0.2) is 13.6 Å². The van der Waals surface area contributed by atoms with Gasteiger partial charge in [0.25, 0.3) is 0 Å². The van der Waals surface area contributed by atoms with Crippen LogP contribution in [0.3, 0.4) is 0 Å². The summed E-state index contributed by atoms with van der Waals surface area (Å²) in [6.07, 6.45) is 0.753. The maximum absolute atomic E-state index is 13.7. The Bertz CT molecular complexity index is 754. The molecule has 0 amide bonds. The number of aryl methyl sites for hydroxylation is 1. The highest BCUT2D eigenvalue weighted by atomic mass is 32.2. The first-order valence-electron chi connectivity index (χ1n) is 6.98. The lowest BCUT2D eigenvalue weighted by Crippen LogP contribution is -2.24. The minimum absolute atomic E-state index is 0.0686. The number of benzene rings is 1. The molecular weight excluding hydrogens is 307 g/mol. The Morgan fingerprint density at radius 1 is 1.32 bits per heavy atom. The molecule has 2 aromatic rings. The molecule has 1 N–H and O–H groups in total. The summed E-state index contributed by atoms with van der Waals surface area (Å²) in [7, 11) is -3.94. The fraction of sp³-hybridized carbons (Fsp3) is 0.400. The van der Waals surface area contributed by atoms with Crippen LogP contribution in [0.2, 0.25) is 0 Å². The van der Waals surface area contributed by atoms with Crippen molar-refractivity contribution >= 4 is 10.0 Å². The molecule has 120 valence electrons. The van der Waals surface area contributed by atoms with Gasteiger partial charge in [0.05, 0.1) is 12.2 Å². The van der Waals surface area contributed by atoms with Crippen molar-refractivity contribution in [1.82, 2.24) is 9.88 Å². The Morgan fingerprint density at radius 3 is 2.73 bits per heavy atom. The van der Waals surface area contributed by atoms with Crippen molar-refractivity contribution in [3.05, 3.63) is 47.1 Å². The number of nitrogens with zero attached hydrogens (tertiary/aromatic N) is 1. The molecule has 0 aliphatic heterocycles. The Hall–Kier alpha value is -1.73. The zero-order valence-corrected chi connectivity index (χ0v) is 13.6. The van der Waals surface area contributed by atoms with E-state index in [2.05, 4.69) is 23.7 Å². The number of aromatic nitrogens is 1. The van der Waals surface area contributed by atoms with E-state index in [-0.39, 0.29) is 11.4 Å². The Labute approximate surface area is 129 Å². The van der Waals surface area contributed by atoms with Gasteiger partial charge in [-0.15, -0.1) is 0 Å². The van der Waals surface area contributed by atoms with E-state index in [0.29, 0.717) is 17.2 Å². The third-order valence-corrected chi connectivity index (χ3v) is 4.45. The predicted molar refractivity (Wildman–Crippen MR) is 80.2 cm³/mol. The van der Waals surface area contributed by atoms with Crippen LogP contribution < -0.4 is 4.72 Å². The van der Waals surface area contributed by atoms with Crippen LogP contribution in [0.1, 0.15) is 30.9 Å². The van der Waals surface area contributed by atoms with E-state index in [1.807, 2.05) is 0 Å². The van der Waals surface area contributed by atoms with Gasteiger partial charge < -0.3 is 4.52 Å². The summed E-state index contributed by atoms with van der Waals surface area (Å²) in [6.45, 7) is 5.74. The molecule has 0 fully saturated rings. The highest BCUT2D eigenvalue weighted by molar-refractivity contribution is 7.89. The molecule has 0 unspecified atom stereocenters. The fourth-order valence-corrected chi connectivity index (χ4v) is 3.17. The first-order valence-corrected chi connectivity index (χ1v) is 8.46. The summed E-state index contributed by atoms with van der Waals surface area (Å²) in [5.74, 6) is 0.0412. The SMILES string of the molecule is Cc1ccc(F)c(S(=O)(=O)NCc2cc(CC(C)C)no2)c1. The first-order chi connectivity index (χ1) is 10.3. The topological polar surface area (TPSA) is 72.2 Å². The second-order valence-corrected chi connectivity index (χ2v) is 7.38. The van der Waals surface area contributed by atoms with Gasteiger partial charge in [0, 0.05) is 6.07 Å². The molecule has 0 aliphatic carbocycles. The number of halogens is 1. The molecule has 0 atom stereocenters. The molecule has 0 saturated heterocycles. The van der Waals surface area contributed by atoms with Gasteiger partial charge in [-0.1, -0.05) is 25.1 Å². The van der Waals surface area contributed by atoms with Gasteiger partial charge in [-0.05, 0) is 37.0 Å². The molecule has 5 nitrogen and oxygen atoms in total. The summed E-state index contributed by atoms with van der Waals surface area (Å²) in [6, 6.07) is 5.65. The van der Waals surface area contributed by atoms with Gasteiger partial charge in [-0.3, -0.25) is 0 Å². The lowest BCUT2D eigenvalue weighted by atomic mass is 10.1. The van der Waals surface area contributed by atoms with Gasteiger partial charge in [-0.2, -0.15) is 0 Å². The van der Waals surface area contributed by atoms with E-state index in [9.17, 15) is 12.8 Å². The molecule has 0 radical (unpaired) electrons.